The van der Waals surface area contributed by atoms with Crippen LogP contribution in [0, 0.1) is 0 Å². The molecule has 0 bridgehead atoms. The molecular formula is C20H21N5O2. The fraction of sp³-hybridized carbons (Fsp3) is 0.200. The Morgan fingerprint density at radius 3 is 2.67 bits per heavy atom. The Bertz CT molecular complexity index is 964. The number of imidazole rings is 1. The van der Waals surface area contributed by atoms with Crippen LogP contribution in [0.1, 0.15) is 28.7 Å². The van der Waals surface area contributed by atoms with Crippen molar-refractivity contribution in [3.05, 3.63) is 72.1 Å². The zero-order valence-corrected chi connectivity index (χ0v) is 15.3. The number of aromatic nitrogens is 3. The lowest BCUT2D eigenvalue weighted by molar-refractivity contribution is -0.119. The van der Waals surface area contributed by atoms with Crippen molar-refractivity contribution in [2.75, 3.05) is 0 Å². The zero-order valence-electron chi connectivity index (χ0n) is 15.3. The van der Waals surface area contributed by atoms with Crippen LogP contribution >= 0.6 is 0 Å². The Morgan fingerprint density at radius 2 is 1.93 bits per heavy atom. The molecule has 0 unspecified atom stereocenters. The molecule has 7 heteroatoms. The fourth-order valence-electron chi connectivity index (χ4n) is 2.71. The minimum absolute atomic E-state index is 0.0867. The lowest BCUT2D eigenvalue weighted by Crippen LogP contribution is -2.24. The van der Waals surface area contributed by atoms with Crippen molar-refractivity contribution in [2.24, 2.45) is 7.05 Å². The third-order valence-corrected chi connectivity index (χ3v) is 3.99. The van der Waals surface area contributed by atoms with E-state index in [0.717, 1.165) is 22.4 Å². The Kier molecular flexibility index (Phi) is 5.61. The summed E-state index contributed by atoms with van der Waals surface area (Å²) >= 11 is 0. The van der Waals surface area contributed by atoms with Crippen LogP contribution in [-0.4, -0.2) is 26.3 Å². The molecule has 0 aliphatic rings. The predicted molar refractivity (Wildman–Crippen MR) is 102 cm³/mol. The molecule has 0 aliphatic heterocycles. The quantitative estimate of drug-likeness (QED) is 0.701. The van der Waals surface area contributed by atoms with E-state index in [4.69, 9.17) is 0 Å². The van der Waals surface area contributed by atoms with Gasteiger partial charge in [-0.1, -0.05) is 24.3 Å². The molecule has 0 fully saturated rings. The summed E-state index contributed by atoms with van der Waals surface area (Å²) in [6.45, 7) is 2.25. The van der Waals surface area contributed by atoms with E-state index in [-0.39, 0.29) is 11.8 Å². The first-order valence-electron chi connectivity index (χ1n) is 8.57. The number of hydrogen-bond acceptors (Lipinski definition) is 4. The summed E-state index contributed by atoms with van der Waals surface area (Å²) in [6, 6.07) is 11.4. The molecule has 0 atom stereocenters. The van der Waals surface area contributed by atoms with E-state index in [0.29, 0.717) is 18.8 Å². The summed E-state index contributed by atoms with van der Waals surface area (Å²) in [7, 11) is 1.88. The Morgan fingerprint density at radius 1 is 1.07 bits per heavy atom. The SMILES string of the molecule is CC(=O)NCc1cccc(-c2cccnc2C(=O)NCc2cn(C)cn2)c1. The maximum Gasteiger partial charge on any atom is 0.270 e. The summed E-state index contributed by atoms with van der Waals surface area (Å²) in [5.74, 6) is -0.347. The fourth-order valence-corrected chi connectivity index (χ4v) is 2.71. The molecule has 0 aliphatic carbocycles. The van der Waals surface area contributed by atoms with E-state index in [9.17, 15) is 9.59 Å². The maximum absolute atomic E-state index is 12.7. The third-order valence-electron chi connectivity index (χ3n) is 3.99. The smallest absolute Gasteiger partial charge is 0.270 e. The molecule has 0 saturated heterocycles. The number of nitrogens with zero attached hydrogens (tertiary/aromatic N) is 3. The van der Waals surface area contributed by atoms with Crippen molar-refractivity contribution in [2.45, 2.75) is 20.0 Å². The summed E-state index contributed by atoms with van der Waals surface area (Å²) in [6.07, 6.45) is 5.14. The Balaban J connectivity index is 1.80. The number of pyridine rings is 1. The molecule has 0 spiro atoms. The largest absolute Gasteiger partial charge is 0.352 e. The van der Waals surface area contributed by atoms with E-state index in [1.165, 1.54) is 6.92 Å². The molecule has 27 heavy (non-hydrogen) atoms. The van der Waals surface area contributed by atoms with Crippen molar-refractivity contribution in [1.29, 1.82) is 0 Å². The number of carbonyl (C=O) groups is 2. The summed E-state index contributed by atoms with van der Waals surface area (Å²) in [4.78, 5) is 32.2. The highest BCUT2D eigenvalue weighted by Crippen LogP contribution is 2.23. The van der Waals surface area contributed by atoms with Crippen LogP contribution in [0.25, 0.3) is 11.1 Å². The normalized spacial score (nSPS) is 10.4. The molecule has 2 amide bonds. The standard InChI is InChI=1S/C20H21N5O2/c1-14(26)22-10-15-5-3-6-16(9-15)18-7-4-8-21-19(18)20(27)23-11-17-12-25(2)13-24-17/h3-9,12-13H,10-11H2,1-2H3,(H,22,26)(H,23,27). The summed E-state index contributed by atoms with van der Waals surface area (Å²) in [5, 5.41) is 5.63. The molecular weight excluding hydrogens is 342 g/mol. The number of aryl methyl sites for hydroxylation is 1. The van der Waals surface area contributed by atoms with Gasteiger partial charge >= 0.3 is 0 Å². The third kappa shape index (κ3) is 4.78. The minimum Gasteiger partial charge on any atom is -0.352 e. The van der Waals surface area contributed by atoms with Crippen LogP contribution < -0.4 is 10.6 Å². The summed E-state index contributed by atoms with van der Waals surface area (Å²) in [5.41, 5.74) is 3.69. The predicted octanol–water partition coefficient (Wildman–Crippen LogP) is 2.05. The number of nitrogens with one attached hydrogen (secondary N) is 2. The van der Waals surface area contributed by atoms with Crippen LogP contribution in [0.2, 0.25) is 0 Å². The van der Waals surface area contributed by atoms with Crippen molar-refractivity contribution in [1.82, 2.24) is 25.2 Å². The van der Waals surface area contributed by atoms with E-state index >= 15 is 0 Å². The highest BCUT2D eigenvalue weighted by molar-refractivity contribution is 5.98. The Labute approximate surface area is 157 Å². The van der Waals surface area contributed by atoms with Crippen molar-refractivity contribution >= 4 is 11.8 Å². The summed E-state index contributed by atoms with van der Waals surface area (Å²) < 4.78 is 1.83. The number of hydrogen-bond donors (Lipinski definition) is 2. The zero-order chi connectivity index (χ0) is 19.2. The topological polar surface area (TPSA) is 88.9 Å². The van der Waals surface area contributed by atoms with Gasteiger partial charge in [0.15, 0.2) is 0 Å². The van der Waals surface area contributed by atoms with E-state index in [1.807, 2.05) is 48.1 Å². The van der Waals surface area contributed by atoms with Gasteiger partial charge in [0.25, 0.3) is 5.91 Å². The van der Waals surface area contributed by atoms with Crippen LogP contribution in [0.5, 0.6) is 0 Å². The van der Waals surface area contributed by atoms with Gasteiger partial charge < -0.3 is 15.2 Å². The van der Waals surface area contributed by atoms with Gasteiger partial charge in [-0.05, 0) is 23.3 Å². The molecule has 2 N–H and O–H groups in total. The molecule has 0 saturated carbocycles. The van der Waals surface area contributed by atoms with E-state index in [2.05, 4.69) is 20.6 Å². The second kappa shape index (κ2) is 8.27. The van der Waals surface area contributed by atoms with Crippen molar-refractivity contribution in [3.63, 3.8) is 0 Å². The van der Waals surface area contributed by atoms with Crippen LogP contribution in [-0.2, 0) is 24.9 Å². The maximum atomic E-state index is 12.7. The van der Waals surface area contributed by atoms with Gasteiger partial charge in [-0.25, -0.2) is 4.98 Å². The minimum atomic E-state index is -0.261. The average molecular weight is 363 g/mol. The van der Waals surface area contributed by atoms with Gasteiger partial charge in [0.2, 0.25) is 5.91 Å². The highest BCUT2D eigenvalue weighted by Gasteiger charge is 2.14. The molecule has 138 valence electrons. The van der Waals surface area contributed by atoms with Crippen LogP contribution in [0.3, 0.4) is 0 Å². The number of benzene rings is 1. The van der Waals surface area contributed by atoms with Gasteiger partial charge in [0.05, 0.1) is 18.6 Å². The Hall–Kier alpha value is -3.48. The van der Waals surface area contributed by atoms with Gasteiger partial charge in [-0.15, -0.1) is 0 Å². The lowest BCUT2D eigenvalue weighted by atomic mass is 10.0. The second-order valence-corrected chi connectivity index (χ2v) is 6.22. The lowest BCUT2D eigenvalue weighted by Gasteiger charge is -2.10. The monoisotopic (exact) mass is 363 g/mol. The van der Waals surface area contributed by atoms with Crippen LogP contribution in [0.4, 0.5) is 0 Å². The van der Waals surface area contributed by atoms with Crippen molar-refractivity contribution < 1.29 is 9.59 Å². The van der Waals surface area contributed by atoms with E-state index < -0.39 is 0 Å². The molecule has 2 aromatic heterocycles. The van der Waals surface area contributed by atoms with E-state index in [1.54, 1.807) is 18.6 Å². The van der Waals surface area contributed by atoms with Gasteiger partial charge in [0.1, 0.15) is 5.69 Å². The van der Waals surface area contributed by atoms with Crippen LogP contribution in [0.15, 0.2) is 55.1 Å². The second-order valence-electron chi connectivity index (χ2n) is 6.22. The first kappa shape index (κ1) is 18.3. The average Bonchev–Trinajstić information content (AvgIpc) is 3.10. The highest BCUT2D eigenvalue weighted by atomic mass is 16.2. The van der Waals surface area contributed by atoms with Gasteiger partial charge in [-0.2, -0.15) is 0 Å². The first-order valence-corrected chi connectivity index (χ1v) is 8.57. The van der Waals surface area contributed by atoms with Crippen molar-refractivity contribution in [3.8, 4) is 11.1 Å². The molecule has 1 aromatic carbocycles. The molecule has 7 nitrogen and oxygen atoms in total. The van der Waals surface area contributed by atoms with Gasteiger partial charge in [-0.3, -0.25) is 14.6 Å². The number of rotatable bonds is 6. The molecule has 2 heterocycles. The number of amides is 2. The van der Waals surface area contributed by atoms with Gasteiger partial charge in [0, 0.05) is 38.5 Å². The number of carbonyl (C=O) groups excluding carboxylic acids is 2. The molecule has 0 radical (unpaired) electrons. The first-order chi connectivity index (χ1) is 13.0. The molecule has 3 rings (SSSR count). The molecule has 3 aromatic rings.